The van der Waals surface area contributed by atoms with E-state index in [0.29, 0.717) is 38.5 Å². The fraction of sp³-hybridized carbons (Fsp3) is 0.846. The molecule has 0 aromatic carbocycles. The van der Waals surface area contributed by atoms with Gasteiger partial charge in [0, 0.05) is 19.8 Å². The van der Waals surface area contributed by atoms with E-state index >= 15 is 0 Å². The SMILES string of the molecule is N#CC1(C(=O)NCC2CCC(O)C2)CCOCC1. The van der Waals surface area contributed by atoms with Gasteiger partial charge >= 0.3 is 0 Å². The second-order valence-electron chi connectivity index (χ2n) is 5.35. The highest BCUT2D eigenvalue weighted by molar-refractivity contribution is 5.85. The quantitative estimate of drug-likeness (QED) is 0.770. The Morgan fingerprint density at radius 3 is 2.72 bits per heavy atom. The molecule has 1 saturated carbocycles. The molecule has 0 bridgehead atoms. The summed E-state index contributed by atoms with van der Waals surface area (Å²) in [5.41, 5.74) is -0.907. The first-order chi connectivity index (χ1) is 8.66. The topological polar surface area (TPSA) is 82.4 Å². The summed E-state index contributed by atoms with van der Waals surface area (Å²) in [6, 6.07) is 2.16. The Kier molecular flexibility index (Phi) is 4.20. The molecular weight excluding hydrogens is 232 g/mol. The van der Waals surface area contributed by atoms with Gasteiger partial charge in [0.1, 0.15) is 5.41 Å². The number of amides is 1. The van der Waals surface area contributed by atoms with E-state index < -0.39 is 5.41 Å². The number of aliphatic hydroxyl groups excluding tert-OH is 1. The second-order valence-corrected chi connectivity index (χ2v) is 5.35. The van der Waals surface area contributed by atoms with Gasteiger partial charge in [0.05, 0.1) is 12.2 Å². The van der Waals surface area contributed by atoms with Crippen LogP contribution in [0.4, 0.5) is 0 Å². The molecule has 5 heteroatoms. The Hall–Kier alpha value is -1.12. The first-order valence-corrected chi connectivity index (χ1v) is 6.62. The molecule has 2 atom stereocenters. The van der Waals surface area contributed by atoms with Crippen molar-refractivity contribution < 1.29 is 14.6 Å². The van der Waals surface area contributed by atoms with Crippen molar-refractivity contribution in [1.82, 2.24) is 5.32 Å². The molecule has 18 heavy (non-hydrogen) atoms. The van der Waals surface area contributed by atoms with Crippen LogP contribution in [0.2, 0.25) is 0 Å². The van der Waals surface area contributed by atoms with Crippen LogP contribution in [-0.2, 0) is 9.53 Å². The molecule has 0 radical (unpaired) electrons. The molecule has 100 valence electrons. The Morgan fingerprint density at radius 2 is 2.17 bits per heavy atom. The van der Waals surface area contributed by atoms with Crippen LogP contribution in [0.3, 0.4) is 0 Å². The van der Waals surface area contributed by atoms with Gasteiger partial charge in [-0.05, 0) is 38.0 Å². The fourth-order valence-electron chi connectivity index (χ4n) is 2.75. The lowest BCUT2D eigenvalue weighted by molar-refractivity contribution is -0.132. The van der Waals surface area contributed by atoms with Gasteiger partial charge in [0.15, 0.2) is 0 Å². The van der Waals surface area contributed by atoms with Gasteiger partial charge in [-0.25, -0.2) is 0 Å². The molecule has 1 heterocycles. The van der Waals surface area contributed by atoms with Crippen LogP contribution in [0.25, 0.3) is 0 Å². The number of aliphatic hydroxyl groups is 1. The number of carbonyl (C=O) groups is 1. The van der Waals surface area contributed by atoms with E-state index in [1.54, 1.807) is 0 Å². The monoisotopic (exact) mass is 252 g/mol. The molecule has 1 amide bonds. The summed E-state index contributed by atoms with van der Waals surface area (Å²) in [6.07, 6.45) is 3.25. The van der Waals surface area contributed by atoms with Crippen LogP contribution >= 0.6 is 0 Å². The molecule has 0 aromatic heterocycles. The lowest BCUT2D eigenvalue weighted by atomic mass is 9.81. The first-order valence-electron chi connectivity index (χ1n) is 6.62. The molecule has 2 unspecified atom stereocenters. The third-order valence-electron chi connectivity index (χ3n) is 4.06. The number of carbonyl (C=O) groups excluding carboxylic acids is 1. The smallest absolute Gasteiger partial charge is 0.240 e. The van der Waals surface area contributed by atoms with Crippen molar-refractivity contribution in [3.8, 4) is 6.07 Å². The molecule has 0 spiro atoms. The van der Waals surface area contributed by atoms with Crippen molar-refractivity contribution in [2.45, 2.75) is 38.2 Å². The van der Waals surface area contributed by atoms with E-state index in [9.17, 15) is 15.2 Å². The normalized spacial score (nSPS) is 30.7. The summed E-state index contributed by atoms with van der Waals surface area (Å²) in [6.45, 7) is 1.52. The molecule has 2 rings (SSSR count). The van der Waals surface area contributed by atoms with Gasteiger partial charge in [0.25, 0.3) is 0 Å². The summed E-state index contributed by atoms with van der Waals surface area (Å²) < 4.78 is 5.20. The number of hydrogen-bond donors (Lipinski definition) is 2. The molecular formula is C13H20N2O3. The number of nitrogens with zero attached hydrogens (tertiary/aromatic N) is 1. The number of ether oxygens (including phenoxy) is 1. The summed E-state index contributed by atoms with van der Waals surface area (Å²) in [5.74, 6) is 0.175. The highest BCUT2D eigenvalue weighted by Crippen LogP contribution is 2.30. The molecule has 0 aromatic rings. The Morgan fingerprint density at radius 1 is 1.44 bits per heavy atom. The third-order valence-corrected chi connectivity index (χ3v) is 4.06. The second kappa shape index (κ2) is 5.68. The summed E-state index contributed by atoms with van der Waals surface area (Å²) in [4.78, 5) is 12.1. The highest BCUT2D eigenvalue weighted by atomic mass is 16.5. The zero-order chi connectivity index (χ0) is 13.0. The van der Waals surface area contributed by atoms with E-state index in [2.05, 4.69) is 11.4 Å². The minimum Gasteiger partial charge on any atom is -0.393 e. The van der Waals surface area contributed by atoms with Crippen LogP contribution in [0, 0.1) is 22.7 Å². The van der Waals surface area contributed by atoms with Gasteiger partial charge in [-0.15, -0.1) is 0 Å². The van der Waals surface area contributed by atoms with Gasteiger partial charge in [-0.2, -0.15) is 5.26 Å². The number of nitrogens with one attached hydrogen (secondary N) is 1. The van der Waals surface area contributed by atoms with Crippen molar-refractivity contribution in [3.63, 3.8) is 0 Å². The van der Waals surface area contributed by atoms with Crippen LogP contribution in [0.5, 0.6) is 0 Å². The fourth-order valence-corrected chi connectivity index (χ4v) is 2.75. The highest BCUT2D eigenvalue weighted by Gasteiger charge is 2.40. The van der Waals surface area contributed by atoms with Crippen molar-refractivity contribution in [2.75, 3.05) is 19.8 Å². The summed E-state index contributed by atoms with van der Waals surface area (Å²) in [5, 5.41) is 21.5. The van der Waals surface area contributed by atoms with Crippen LogP contribution < -0.4 is 5.32 Å². The summed E-state index contributed by atoms with van der Waals surface area (Å²) in [7, 11) is 0. The molecule has 1 saturated heterocycles. The minimum atomic E-state index is -0.907. The predicted octanol–water partition coefficient (Wildman–Crippen LogP) is 0.584. The van der Waals surface area contributed by atoms with Gasteiger partial charge in [-0.1, -0.05) is 0 Å². The molecule has 2 fully saturated rings. The largest absolute Gasteiger partial charge is 0.393 e. The molecule has 1 aliphatic carbocycles. The van der Waals surface area contributed by atoms with Gasteiger partial charge < -0.3 is 15.2 Å². The number of rotatable bonds is 3. The number of nitriles is 1. The maximum atomic E-state index is 12.1. The van der Waals surface area contributed by atoms with Crippen molar-refractivity contribution in [1.29, 1.82) is 5.26 Å². The molecule has 2 aliphatic rings. The Balaban J connectivity index is 1.84. The van der Waals surface area contributed by atoms with Crippen molar-refractivity contribution in [3.05, 3.63) is 0 Å². The van der Waals surface area contributed by atoms with Crippen LogP contribution in [0.15, 0.2) is 0 Å². The lowest BCUT2D eigenvalue weighted by Crippen LogP contribution is -2.45. The number of hydrogen-bond acceptors (Lipinski definition) is 4. The van der Waals surface area contributed by atoms with E-state index in [0.717, 1.165) is 19.3 Å². The zero-order valence-electron chi connectivity index (χ0n) is 10.5. The van der Waals surface area contributed by atoms with Crippen molar-refractivity contribution >= 4 is 5.91 Å². The zero-order valence-corrected chi connectivity index (χ0v) is 10.5. The average Bonchev–Trinajstić information content (AvgIpc) is 2.82. The molecule has 5 nitrogen and oxygen atoms in total. The van der Waals surface area contributed by atoms with E-state index in [1.807, 2.05) is 0 Å². The third kappa shape index (κ3) is 2.82. The molecule has 1 aliphatic heterocycles. The maximum absolute atomic E-state index is 12.1. The lowest BCUT2D eigenvalue weighted by Gasteiger charge is -2.29. The minimum absolute atomic E-state index is 0.172. The first kappa shape index (κ1) is 13.3. The van der Waals surface area contributed by atoms with Crippen molar-refractivity contribution in [2.24, 2.45) is 11.3 Å². The van der Waals surface area contributed by atoms with Gasteiger partial charge in [0.2, 0.25) is 5.91 Å². The van der Waals surface area contributed by atoms with E-state index in [1.165, 1.54) is 0 Å². The standard InChI is InChI=1S/C13H20N2O3/c14-9-13(3-5-18-6-4-13)12(17)15-8-10-1-2-11(16)7-10/h10-11,16H,1-8H2,(H,15,17). The van der Waals surface area contributed by atoms with Gasteiger partial charge in [-0.3, -0.25) is 4.79 Å². The summed E-state index contributed by atoms with van der Waals surface area (Å²) >= 11 is 0. The average molecular weight is 252 g/mol. The Bertz CT molecular complexity index is 345. The van der Waals surface area contributed by atoms with E-state index in [4.69, 9.17) is 4.74 Å². The van der Waals surface area contributed by atoms with Crippen LogP contribution in [-0.4, -0.2) is 36.9 Å². The van der Waals surface area contributed by atoms with Crippen LogP contribution in [0.1, 0.15) is 32.1 Å². The maximum Gasteiger partial charge on any atom is 0.240 e. The Labute approximate surface area is 107 Å². The molecule has 2 N–H and O–H groups in total. The van der Waals surface area contributed by atoms with E-state index in [-0.39, 0.29) is 12.0 Å². The predicted molar refractivity (Wildman–Crippen MR) is 64.5 cm³/mol.